The Bertz CT molecular complexity index is 591. The van der Waals surface area contributed by atoms with Crippen LogP contribution in [0.5, 0.6) is 0 Å². The Labute approximate surface area is 109 Å². The maximum absolute atomic E-state index is 6.19. The van der Waals surface area contributed by atoms with E-state index in [1.54, 1.807) is 10.7 Å². The minimum atomic E-state index is 0.324. The maximum atomic E-state index is 6.19. The van der Waals surface area contributed by atoms with Crippen LogP contribution in [0.25, 0.3) is 5.69 Å². The van der Waals surface area contributed by atoms with E-state index in [2.05, 4.69) is 10.1 Å². The molecule has 0 fully saturated rings. The molecule has 0 unspecified atom stereocenters. The molecule has 0 spiro atoms. The fraction of sp³-hybridized carbons (Fsp3) is 0.182. The molecular formula is C11H11ClN4S. The Morgan fingerprint density at radius 1 is 1.41 bits per heavy atom. The van der Waals surface area contributed by atoms with Crippen LogP contribution in [0.1, 0.15) is 17.2 Å². The summed E-state index contributed by atoms with van der Waals surface area (Å²) < 4.78 is 1.70. The zero-order chi connectivity index (χ0) is 12.6. The summed E-state index contributed by atoms with van der Waals surface area (Å²) in [6.07, 6.45) is 0. The van der Waals surface area contributed by atoms with Crippen molar-refractivity contribution in [2.45, 2.75) is 13.8 Å². The first-order valence-electron chi connectivity index (χ1n) is 4.99. The van der Waals surface area contributed by atoms with Crippen LogP contribution in [0.4, 0.5) is 0 Å². The summed E-state index contributed by atoms with van der Waals surface area (Å²) in [4.78, 5) is 4.55. The number of nitrogens with two attached hydrogens (primary N) is 1. The zero-order valence-electron chi connectivity index (χ0n) is 9.44. The van der Waals surface area contributed by atoms with E-state index in [4.69, 9.17) is 29.6 Å². The second-order valence-electron chi connectivity index (χ2n) is 3.65. The van der Waals surface area contributed by atoms with E-state index in [-0.39, 0.29) is 0 Å². The third kappa shape index (κ3) is 2.30. The highest BCUT2D eigenvalue weighted by atomic mass is 35.5. The Hall–Kier alpha value is -1.46. The standard InChI is InChI=1S/C11H11ClN4S/c1-6-14-7(2)16(15-6)10-4-3-8(11(13)17)5-9(10)12/h3-5H,1-2H3,(H2,13,17). The lowest BCUT2D eigenvalue weighted by Crippen LogP contribution is -2.10. The molecule has 0 aliphatic rings. The first-order chi connectivity index (χ1) is 7.99. The molecule has 1 heterocycles. The Kier molecular flexibility index (Phi) is 3.13. The van der Waals surface area contributed by atoms with E-state index in [1.807, 2.05) is 26.0 Å². The molecule has 0 saturated heterocycles. The Morgan fingerprint density at radius 3 is 2.59 bits per heavy atom. The van der Waals surface area contributed by atoms with E-state index < -0.39 is 0 Å². The highest BCUT2D eigenvalue weighted by Crippen LogP contribution is 2.22. The van der Waals surface area contributed by atoms with Gasteiger partial charge >= 0.3 is 0 Å². The fourth-order valence-corrected chi connectivity index (χ4v) is 1.97. The van der Waals surface area contributed by atoms with Crippen LogP contribution in [-0.4, -0.2) is 19.8 Å². The van der Waals surface area contributed by atoms with Crippen molar-refractivity contribution in [1.29, 1.82) is 0 Å². The predicted octanol–water partition coefficient (Wildman–Crippen LogP) is 2.17. The van der Waals surface area contributed by atoms with Crippen LogP contribution in [0.3, 0.4) is 0 Å². The normalized spacial score (nSPS) is 10.5. The summed E-state index contributed by atoms with van der Waals surface area (Å²) in [6.45, 7) is 3.71. The van der Waals surface area contributed by atoms with Crippen molar-refractivity contribution >= 4 is 28.8 Å². The van der Waals surface area contributed by atoms with E-state index in [0.29, 0.717) is 15.8 Å². The minimum absolute atomic E-state index is 0.324. The quantitative estimate of drug-likeness (QED) is 0.847. The number of thiocarbonyl (C=S) groups is 1. The topological polar surface area (TPSA) is 56.7 Å². The number of rotatable bonds is 2. The molecule has 2 aromatic rings. The molecule has 17 heavy (non-hydrogen) atoms. The van der Waals surface area contributed by atoms with Crippen LogP contribution in [0, 0.1) is 13.8 Å². The first-order valence-corrected chi connectivity index (χ1v) is 5.77. The van der Waals surface area contributed by atoms with Crippen molar-refractivity contribution in [3.05, 3.63) is 40.4 Å². The highest BCUT2D eigenvalue weighted by molar-refractivity contribution is 7.80. The predicted molar refractivity (Wildman–Crippen MR) is 71.7 cm³/mol. The molecule has 2 N–H and O–H groups in total. The van der Waals surface area contributed by atoms with Crippen molar-refractivity contribution in [1.82, 2.24) is 14.8 Å². The zero-order valence-corrected chi connectivity index (χ0v) is 11.0. The molecule has 0 amide bonds. The third-order valence-electron chi connectivity index (χ3n) is 2.34. The van der Waals surface area contributed by atoms with Crippen LogP contribution in [0.15, 0.2) is 18.2 Å². The lowest BCUT2D eigenvalue weighted by atomic mass is 10.2. The van der Waals surface area contributed by atoms with Crippen molar-refractivity contribution in [2.75, 3.05) is 0 Å². The molecule has 1 aromatic carbocycles. The number of nitrogens with zero attached hydrogens (tertiary/aromatic N) is 3. The first kappa shape index (κ1) is 12.0. The lowest BCUT2D eigenvalue weighted by Gasteiger charge is -2.07. The molecule has 0 radical (unpaired) electrons. The second-order valence-corrected chi connectivity index (χ2v) is 4.50. The van der Waals surface area contributed by atoms with Gasteiger partial charge in [-0.15, -0.1) is 0 Å². The molecule has 0 bridgehead atoms. The number of aromatic nitrogens is 3. The number of benzene rings is 1. The van der Waals surface area contributed by atoms with E-state index in [0.717, 1.165) is 17.1 Å². The maximum Gasteiger partial charge on any atom is 0.148 e. The largest absolute Gasteiger partial charge is 0.389 e. The molecule has 88 valence electrons. The monoisotopic (exact) mass is 266 g/mol. The van der Waals surface area contributed by atoms with Gasteiger partial charge in [0.1, 0.15) is 16.6 Å². The molecule has 2 rings (SSSR count). The summed E-state index contributed by atoms with van der Waals surface area (Å²) in [5.41, 5.74) is 7.05. The average molecular weight is 267 g/mol. The highest BCUT2D eigenvalue weighted by Gasteiger charge is 2.10. The molecule has 6 heteroatoms. The third-order valence-corrected chi connectivity index (χ3v) is 2.87. The number of halogens is 1. The van der Waals surface area contributed by atoms with Crippen LogP contribution >= 0.6 is 23.8 Å². The minimum Gasteiger partial charge on any atom is -0.389 e. The van der Waals surface area contributed by atoms with E-state index in [1.165, 1.54) is 0 Å². The summed E-state index contributed by atoms with van der Waals surface area (Å²) >= 11 is 11.1. The fourth-order valence-electron chi connectivity index (χ4n) is 1.58. The van der Waals surface area contributed by atoms with Crippen molar-refractivity contribution in [2.24, 2.45) is 5.73 Å². The molecule has 4 nitrogen and oxygen atoms in total. The molecule has 1 aromatic heterocycles. The van der Waals surface area contributed by atoms with Gasteiger partial charge in [-0.2, -0.15) is 5.10 Å². The van der Waals surface area contributed by atoms with Crippen LogP contribution in [-0.2, 0) is 0 Å². The van der Waals surface area contributed by atoms with Gasteiger partial charge < -0.3 is 5.73 Å². The van der Waals surface area contributed by atoms with Gasteiger partial charge in [-0.05, 0) is 32.0 Å². The number of hydrogen-bond donors (Lipinski definition) is 1. The van der Waals surface area contributed by atoms with Gasteiger partial charge in [0, 0.05) is 5.56 Å². The lowest BCUT2D eigenvalue weighted by molar-refractivity contribution is 0.831. The van der Waals surface area contributed by atoms with Gasteiger partial charge in [0.2, 0.25) is 0 Å². The van der Waals surface area contributed by atoms with Gasteiger partial charge in [-0.25, -0.2) is 9.67 Å². The van der Waals surface area contributed by atoms with E-state index in [9.17, 15) is 0 Å². The van der Waals surface area contributed by atoms with Gasteiger partial charge in [0.15, 0.2) is 0 Å². The summed E-state index contributed by atoms with van der Waals surface area (Å²) in [5.74, 6) is 1.49. The molecule has 0 aliphatic carbocycles. The SMILES string of the molecule is Cc1nc(C)n(-c2ccc(C(N)=S)cc2Cl)n1. The van der Waals surface area contributed by atoms with Crippen molar-refractivity contribution in [3.63, 3.8) is 0 Å². The van der Waals surface area contributed by atoms with Crippen LogP contribution < -0.4 is 5.73 Å². The van der Waals surface area contributed by atoms with Crippen molar-refractivity contribution < 1.29 is 0 Å². The second kappa shape index (κ2) is 4.43. The smallest absolute Gasteiger partial charge is 0.148 e. The molecule has 0 atom stereocenters. The van der Waals surface area contributed by atoms with Gasteiger partial charge in [-0.3, -0.25) is 0 Å². The van der Waals surface area contributed by atoms with Crippen molar-refractivity contribution in [3.8, 4) is 5.69 Å². The van der Waals surface area contributed by atoms with Gasteiger partial charge in [-0.1, -0.05) is 23.8 Å². The van der Waals surface area contributed by atoms with Gasteiger partial charge in [0.25, 0.3) is 0 Å². The summed E-state index contributed by atoms with van der Waals surface area (Å²) in [5, 5.41) is 4.82. The number of aryl methyl sites for hydroxylation is 2. The van der Waals surface area contributed by atoms with E-state index >= 15 is 0 Å². The Morgan fingerprint density at radius 2 is 2.12 bits per heavy atom. The summed E-state index contributed by atoms with van der Waals surface area (Å²) in [6, 6.07) is 5.38. The Balaban J connectivity index is 2.54. The van der Waals surface area contributed by atoms with Gasteiger partial charge in [0.05, 0.1) is 10.7 Å². The average Bonchev–Trinajstić information content (AvgIpc) is 2.57. The summed E-state index contributed by atoms with van der Waals surface area (Å²) in [7, 11) is 0. The molecule has 0 saturated carbocycles. The number of hydrogen-bond acceptors (Lipinski definition) is 3. The molecular weight excluding hydrogens is 256 g/mol. The van der Waals surface area contributed by atoms with Crippen LogP contribution in [0.2, 0.25) is 5.02 Å². The molecule has 0 aliphatic heterocycles.